The van der Waals surface area contributed by atoms with Gasteiger partial charge in [-0.2, -0.15) is 5.10 Å². The van der Waals surface area contributed by atoms with Gasteiger partial charge in [-0.15, -0.1) is 5.01 Å². The number of carbonyl (C=O) groups excluding carboxylic acids is 3. The molecular formula is C28H32N4O6S. The van der Waals surface area contributed by atoms with Crippen LogP contribution in [-0.2, 0) is 11.2 Å². The Bertz CT molecular complexity index is 1310. The number of rotatable bonds is 7. The summed E-state index contributed by atoms with van der Waals surface area (Å²) in [6.45, 7) is 9.20. The van der Waals surface area contributed by atoms with Crippen LogP contribution in [0, 0.1) is 0 Å². The number of hydrazone groups is 1. The van der Waals surface area contributed by atoms with Gasteiger partial charge < -0.3 is 24.0 Å². The maximum Gasteiger partial charge on any atom is 0.438 e. The van der Waals surface area contributed by atoms with E-state index in [0.29, 0.717) is 35.9 Å². The van der Waals surface area contributed by atoms with Crippen LogP contribution in [-0.4, -0.2) is 77.7 Å². The zero-order valence-corrected chi connectivity index (χ0v) is 23.2. The van der Waals surface area contributed by atoms with Crippen LogP contribution in [0.3, 0.4) is 0 Å². The number of fused-ring (bicyclic) bond motifs is 2. The summed E-state index contributed by atoms with van der Waals surface area (Å²) in [4.78, 5) is 42.6. The Morgan fingerprint density at radius 2 is 1.92 bits per heavy atom. The number of benzene rings is 2. The smallest absolute Gasteiger partial charge is 0.438 e. The monoisotopic (exact) mass is 552 g/mol. The molecule has 1 atom stereocenters. The molecule has 3 aliphatic rings. The van der Waals surface area contributed by atoms with Gasteiger partial charge in [0.05, 0.1) is 11.0 Å². The Morgan fingerprint density at radius 1 is 1.13 bits per heavy atom. The summed E-state index contributed by atoms with van der Waals surface area (Å²) >= 11 is 1.04. The quantitative estimate of drug-likeness (QED) is 0.485. The minimum absolute atomic E-state index is 0.106. The molecule has 1 unspecified atom stereocenters. The SMILES string of the molecule is CCN(CC)CCOC(=O)N1N=C(c2ccc3c(c2)CCCN3C(=O)c2ccc3c(c2)OCO3)C(C)SC1=O. The van der Waals surface area contributed by atoms with Gasteiger partial charge in [-0.1, -0.05) is 31.7 Å². The zero-order valence-electron chi connectivity index (χ0n) is 22.3. The minimum Gasteiger partial charge on any atom is -0.454 e. The number of anilines is 1. The van der Waals surface area contributed by atoms with Crippen LogP contribution >= 0.6 is 11.8 Å². The lowest BCUT2D eigenvalue weighted by atomic mass is 9.96. The molecule has 3 amide bonds. The molecule has 3 heterocycles. The Morgan fingerprint density at radius 3 is 2.72 bits per heavy atom. The number of thioether (sulfide) groups is 1. The van der Waals surface area contributed by atoms with Crippen molar-refractivity contribution in [3.05, 3.63) is 53.1 Å². The highest BCUT2D eigenvalue weighted by atomic mass is 32.2. The lowest BCUT2D eigenvalue weighted by molar-refractivity contribution is 0.0983. The Balaban J connectivity index is 1.35. The van der Waals surface area contributed by atoms with Gasteiger partial charge in [-0.3, -0.25) is 9.59 Å². The van der Waals surface area contributed by atoms with Crippen molar-refractivity contribution in [2.75, 3.05) is 44.5 Å². The summed E-state index contributed by atoms with van der Waals surface area (Å²) in [6, 6.07) is 11.0. The van der Waals surface area contributed by atoms with E-state index in [1.54, 1.807) is 23.1 Å². The average Bonchev–Trinajstić information content (AvgIpc) is 3.42. The molecule has 0 aromatic heterocycles. The largest absolute Gasteiger partial charge is 0.454 e. The number of likely N-dealkylation sites (N-methyl/N-ethyl adjacent to an activating group) is 1. The second-order valence-corrected chi connectivity index (χ2v) is 10.7. The molecule has 2 aromatic carbocycles. The first kappa shape index (κ1) is 27.0. The molecule has 10 nitrogen and oxygen atoms in total. The lowest BCUT2D eigenvalue weighted by Gasteiger charge is -2.31. The van der Waals surface area contributed by atoms with Crippen LogP contribution in [0.2, 0.25) is 0 Å². The molecule has 206 valence electrons. The Hall–Kier alpha value is -3.57. The highest BCUT2D eigenvalue weighted by Gasteiger charge is 2.34. The van der Waals surface area contributed by atoms with E-state index in [-0.39, 0.29) is 24.6 Å². The van der Waals surface area contributed by atoms with Gasteiger partial charge in [-0.25, -0.2) is 4.79 Å². The molecular weight excluding hydrogens is 520 g/mol. The number of ether oxygens (including phenoxy) is 3. The third kappa shape index (κ3) is 5.60. The van der Waals surface area contributed by atoms with E-state index in [9.17, 15) is 14.4 Å². The van der Waals surface area contributed by atoms with Gasteiger partial charge in [0.25, 0.3) is 5.91 Å². The summed E-state index contributed by atoms with van der Waals surface area (Å²) in [7, 11) is 0. The molecule has 0 bridgehead atoms. The summed E-state index contributed by atoms with van der Waals surface area (Å²) in [5, 5.41) is 4.53. The predicted molar refractivity (Wildman–Crippen MR) is 149 cm³/mol. The first-order valence-electron chi connectivity index (χ1n) is 13.2. The topological polar surface area (TPSA) is 101 Å². The van der Waals surface area contributed by atoms with Crippen molar-refractivity contribution < 1.29 is 28.6 Å². The normalized spacial score (nSPS) is 18.2. The second-order valence-electron chi connectivity index (χ2n) is 9.44. The van der Waals surface area contributed by atoms with Crippen molar-refractivity contribution in [1.82, 2.24) is 9.91 Å². The maximum absolute atomic E-state index is 13.4. The van der Waals surface area contributed by atoms with Crippen molar-refractivity contribution in [3.8, 4) is 11.5 Å². The number of aryl methyl sites for hydroxylation is 1. The molecule has 5 rings (SSSR count). The van der Waals surface area contributed by atoms with Gasteiger partial charge in [0, 0.05) is 24.3 Å². The van der Waals surface area contributed by atoms with E-state index < -0.39 is 11.3 Å². The highest BCUT2D eigenvalue weighted by Crippen LogP contribution is 2.35. The van der Waals surface area contributed by atoms with Gasteiger partial charge in [0.2, 0.25) is 6.79 Å². The number of nitrogens with zero attached hydrogens (tertiary/aromatic N) is 4. The predicted octanol–water partition coefficient (Wildman–Crippen LogP) is 4.75. The fraction of sp³-hybridized carbons (Fsp3) is 0.429. The van der Waals surface area contributed by atoms with Crippen LogP contribution in [0.15, 0.2) is 41.5 Å². The van der Waals surface area contributed by atoms with Crippen molar-refractivity contribution in [2.45, 2.75) is 38.9 Å². The molecule has 0 N–H and O–H groups in total. The number of carbonyl (C=O) groups is 3. The maximum atomic E-state index is 13.4. The average molecular weight is 553 g/mol. The molecule has 3 aliphatic heterocycles. The summed E-state index contributed by atoms with van der Waals surface area (Å²) in [5.74, 6) is 1.10. The van der Waals surface area contributed by atoms with E-state index in [2.05, 4.69) is 10.0 Å². The molecule has 11 heteroatoms. The van der Waals surface area contributed by atoms with Crippen molar-refractivity contribution in [3.63, 3.8) is 0 Å². The van der Waals surface area contributed by atoms with E-state index >= 15 is 0 Å². The van der Waals surface area contributed by atoms with Crippen LogP contribution in [0.5, 0.6) is 11.5 Å². The van der Waals surface area contributed by atoms with Crippen LogP contribution in [0.4, 0.5) is 15.3 Å². The Labute approximate surface area is 231 Å². The second kappa shape index (κ2) is 11.7. The number of imide groups is 1. The van der Waals surface area contributed by atoms with Crippen molar-refractivity contribution in [1.29, 1.82) is 0 Å². The van der Waals surface area contributed by atoms with E-state index in [1.165, 1.54) is 0 Å². The number of hydrogen-bond donors (Lipinski definition) is 0. The number of amides is 3. The molecule has 2 aromatic rings. The third-order valence-corrected chi connectivity index (χ3v) is 8.05. The Kier molecular flexibility index (Phi) is 8.08. The van der Waals surface area contributed by atoms with Crippen LogP contribution in [0.1, 0.15) is 48.7 Å². The summed E-state index contributed by atoms with van der Waals surface area (Å²) in [5.41, 5.74) is 3.81. The van der Waals surface area contributed by atoms with Gasteiger partial charge in [-0.05, 0) is 74.3 Å². The first-order chi connectivity index (χ1) is 18.9. The zero-order chi connectivity index (χ0) is 27.5. The first-order valence-corrected chi connectivity index (χ1v) is 14.1. The highest BCUT2D eigenvalue weighted by molar-refractivity contribution is 8.14. The van der Waals surface area contributed by atoms with Gasteiger partial charge in [0.15, 0.2) is 11.5 Å². The molecule has 0 saturated carbocycles. The van der Waals surface area contributed by atoms with Crippen molar-refractivity contribution >= 4 is 40.4 Å². The molecule has 0 radical (unpaired) electrons. The van der Waals surface area contributed by atoms with E-state index in [4.69, 9.17) is 14.2 Å². The summed E-state index contributed by atoms with van der Waals surface area (Å²) < 4.78 is 16.2. The number of hydrogen-bond acceptors (Lipinski definition) is 9. The van der Waals surface area contributed by atoms with Crippen LogP contribution in [0.25, 0.3) is 0 Å². The molecule has 0 fully saturated rings. The third-order valence-electron chi connectivity index (χ3n) is 7.10. The molecule has 0 spiro atoms. The minimum atomic E-state index is -0.775. The molecule has 0 saturated heterocycles. The lowest BCUT2D eigenvalue weighted by Crippen LogP contribution is -2.39. The fourth-order valence-corrected chi connectivity index (χ4v) is 5.72. The molecule has 0 aliphatic carbocycles. The molecule has 39 heavy (non-hydrogen) atoms. The van der Waals surface area contributed by atoms with Crippen LogP contribution < -0.4 is 14.4 Å². The fourth-order valence-electron chi connectivity index (χ4n) is 4.91. The van der Waals surface area contributed by atoms with Crippen molar-refractivity contribution in [2.24, 2.45) is 5.10 Å². The van der Waals surface area contributed by atoms with E-state index in [0.717, 1.165) is 59.5 Å². The van der Waals surface area contributed by atoms with Gasteiger partial charge in [0.1, 0.15) is 6.61 Å². The van der Waals surface area contributed by atoms with E-state index in [1.807, 2.05) is 39.0 Å². The standard InChI is InChI=1S/C28H32N4O6S/c1-4-30(5-2)13-14-36-27(34)32-28(35)39-18(3)25(29-32)20-8-10-22-19(15-20)7-6-12-31(22)26(33)21-9-11-23-24(16-21)38-17-37-23/h8-11,15-16,18H,4-7,12-14,17H2,1-3H3. The summed E-state index contributed by atoms with van der Waals surface area (Å²) in [6.07, 6.45) is 0.842. The van der Waals surface area contributed by atoms with Gasteiger partial charge >= 0.3 is 11.3 Å².